The van der Waals surface area contributed by atoms with E-state index in [0.717, 1.165) is 35.4 Å². The molecule has 1 aliphatic rings. The minimum atomic E-state index is -3.37. The van der Waals surface area contributed by atoms with Crippen molar-refractivity contribution < 1.29 is 8.42 Å². The molecule has 0 amide bonds. The minimum absolute atomic E-state index is 0.0800. The van der Waals surface area contributed by atoms with Gasteiger partial charge in [0, 0.05) is 17.5 Å². The van der Waals surface area contributed by atoms with E-state index >= 15 is 0 Å². The molecule has 0 fully saturated rings. The molecular weight excluding hydrogens is 402 g/mol. The van der Waals surface area contributed by atoms with E-state index in [1.54, 1.807) is 18.5 Å². The zero-order valence-corrected chi connectivity index (χ0v) is 17.6. The van der Waals surface area contributed by atoms with Crippen LogP contribution in [-0.4, -0.2) is 40.3 Å². The molecule has 1 aliphatic heterocycles. The summed E-state index contributed by atoms with van der Waals surface area (Å²) in [6.45, 7) is 3.79. The quantitative estimate of drug-likeness (QED) is 0.532. The van der Waals surface area contributed by atoms with Crippen LogP contribution in [0.2, 0.25) is 0 Å². The van der Waals surface area contributed by atoms with E-state index in [-0.39, 0.29) is 5.75 Å². The van der Waals surface area contributed by atoms with Crippen LogP contribution in [0.15, 0.2) is 41.7 Å². The second-order valence-corrected chi connectivity index (χ2v) is 8.92. The third kappa shape index (κ3) is 4.18. The Bertz CT molecular complexity index is 1250. The van der Waals surface area contributed by atoms with E-state index in [0.29, 0.717) is 29.1 Å². The van der Waals surface area contributed by atoms with Gasteiger partial charge in [0.2, 0.25) is 10.0 Å². The predicted octanol–water partition coefficient (Wildman–Crippen LogP) is 3.46. The lowest BCUT2D eigenvalue weighted by Gasteiger charge is -2.18. The number of allylic oxidation sites excluding steroid dienone is 1. The van der Waals surface area contributed by atoms with Crippen molar-refractivity contribution in [3.05, 3.63) is 47.9 Å². The van der Waals surface area contributed by atoms with Crippen LogP contribution in [0.25, 0.3) is 16.7 Å². The van der Waals surface area contributed by atoms with Crippen LogP contribution in [-0.2, 0) is 10.0 Å². The number of benzene rings is 1. The highest BCUT2D eigenvalue weighted by molar-refractivity contribution is 7.92. The summed E-state index contributed by atoms with van der Waals surface area (Å²) >= 11 is 0. The van der Waals surface area contributed by atoms with Gasteiger partial charge >= 0.3 is 0 Å². The number of nitrogens with zero attached hydrogens (tertiary/aromatic N) is 4. The number of H-pyrrole nitrogens is 1. The topological polar surface area (TPSA) is 125 Å². The normalized spacial score (nSPS) is 14.3. The van der Waals surface area contributed by atoms with Crippen molar-refractivity contribution >= 4 is 44.3 Å². The number of aromatic nitrogens is 4. The molecule has 30 heavy (non-hydrogen) atoms. The maximum Gasteiger partial charge on any atom is 0.232 e. The monoisotopic (exact) mass is 425 g/mol. The molecule has 4 rings (SSSR count). The highest BCUT2D eigenvalue weighted by Crippen LogP contribution is 2.31. The van der Waals surface area contributed by atoms with E-state index in [1.165, 1.54) is 6.33 Å². The molecule has 0 saturated heterocycles. The number of aryl methyl sites for hydroxylation is 1. The van der Waals surface area contributed by atoms with Crippen molar-refractivity contribution in [1.29, 1.82) is 0 Å². The Morgan fingerprint density at radius 1 is 1.20 bits per heavy atom. The number of aliphatic imine (C=N–C) groups is 1. The SMILES string of the molecule is CCCS(=O)(=O)Nc1ccc(C)c(NC2=C(c3ncnc4[nH]cnc34)CCC=N2)c1. The van der Waals surface area contributed by atoms with Crippen LogP contribution in [0.1, 0.15) is 37.4 Å². The summed E-state index contributed by atoms with van der Waals surface area (Å²) in [4.78, 5) is 20.6. The number of fused-ring (bicyclic) bond motifs is 1. The number of anilines is 2. The maximum absolute atomic E-state index is 12.1. The van der Waals surface area contributed by atoms with Crippen LogP contribution >= 0.6 is 0 Å². The first-order chi connectivity index (χ1) is 14.5. The summed E-state index contributed by atoms with van der Waals surface area (Å²) in [6, 6.07) is 5.40. The van der Waals surface area contributed by atoms with Crippen molar-refractivity contribution in [3.63, 3.8) is 0 Å². The van der Waals surface area contributed by atoms with Gasteiger partial charge in [0.15, 0.2) is 5.65 Å². The second-order valence-electron chi connectivity index (χ2n) is 7.08. The van der Waals surface area contributed by atoms with Gasteiger partial charge < -0.3 is 10.3 Å². The summed E-state index contributed by atoms with van der Waals surface area (Å²) < 4.78 is 26.9. The maximum atomic E-state index is 12.1. The molecule has 1 aromatic carbocycles. The van der Waals surface area contributed by atoms with E-state index < -0.39 is 10.0 Å². The van der Waals surface area contributed by atoms with Crippen molar-refractivity contribution in [3.8, 4) is 0 Å². The molecule has 9 nitrogen and oxygen atoms in total. The van der Waals surface area contributed by atoms with Crippen molar-refractivity contribution in [2.24, 2.45) is 4.99 Å². The Morgan fingerprint density at radius 2 is 2.07 bits per heavy atom. The summed E-state index contributed by atoms with van der Waals surface area (Å²) in [5, 5.41) is 3.36. The average molecular weight is 426 g/mol. The Kier molecular flexibility index (Phi) is 5.49. The molecule has 0 spiro atoms. The molecule has 0 unspecified atom stereocenters. The smallest absolute Gasteiger partial charge is 0.232 e. The second kappa shape index (κ2) is 8.23. The van der Waals surface area contributed by atoms with E-state index in [9.17, 15) is 8.42 Å². The van der Waals surface area contributed by atoms with Crippen LogP contribution in [0.3, 0.4) is 0 Å². The first-order valence-corrected chi connectivity index (χ1v) is 11.4. The summed E-state index contributed by atoms with van der Waals surface area (Å²) in [6.07, 6.45) is 7.07. The van der Waals surface area contributed by atoms with Gasteiger partial charge in [0.1, 0.15) is 23.4 Å². The molecule has 2 aromatic heterocycles. The molecule has 0 aliphatic carbocycles. The Morgan fingerprint density at radius 3 is 2.90 bits per heavy atom. The number of rotatable bonds is 7. The summed E-state index contributed by atoms with van der Waals surface area (Å²) in [7, 11) is -3.37. The van der Waals surface area contributed by atoms with Crippen LogP contribution in [0, 0.1) is 6.92 Å². The van der Waals surface area contributed by atoms with Gasteiger partial charge in [-0.3, -0.25) is 4.72 Å². The van der Waals surface area contributed by atoms with Gasteiger partial charge in [-0.2, -0.15) is 0 Å². The number of aromatic amines is 1. The molecule has 0 saturated carbocycles. The fourth-order valence-electron chi connectivity index (χ4n) is 3.33. The van der Waals surface area contributed by atoms with Crippen LogP contribution in [0.5, 0.6) is 0 Å². The largest absolute Gasteiger partial charge is 0.340 e. The highest BCUT2D eigenvalue weighted by atomic mass is 32.2. The Balaban J connectivity index is 1.71. The molecule has 0 atom stereocenters. The lowest BCUT2D eigenvalue weighted by atomic mass is 10.0. The number of nitrogens with one attached hydrogen (secondary N) is 3. The van der Waals surface area contributed by atoms with Gasteiger partial charge in [-0.25, -0.2) is 28.4 Å². The van der Waals surface area contributed by atoms with Crippen molar-refractivity contribution in [2.45, 2.75) is 33.1 Å². The predicted molar refractivity (Wildman–Crippen MR) is 119 cm³/mol. The molecule has 3 aromatic rings. The lowest BCUT2D eigenvalue weighted by Crippen LogP contribution is -2.16. The molecular formula is C20H23N7O2S. The molecule has 0 radical (unpaired) electrons. The number of hydrogen-bond acceptors (Lipinski definition) is 7. The highest BCUT2D eigenvalue weighted by Gasteiger charge is 2.19. The molecule has 3 heterocycles. The summed E-state index contributed by atoms with van der Waals surface area (Å²) in [5.74, 6) is 0.747. The third-order valence-electron chi connectivity index (χ3n) is 4.77. The fraction of sp³-hybridized carbons (Fsp3) is 0.300. The zero-order valence-electron chi connectivity index (χ0n) is 16.8. The number of hydrogen-bond donors (Lipinski definition) is 3. The van der Waals surface area contributed by atoms with Crippen LogP contribution in [0.4, 0.5) is 11.4 Å². The lowest BCUT2D eigenvalue weighted by molar-refractivity contribution is 0.600. The molecule has 156 valence electrons. The first kappa shape index (κ1) is 20.0. The van der Waals surface area contributed by atoms with E-state index in [4.69, 9.17) is 0 Å². The Hall–Kier alpha value is -3.27. The standard InChI is InChI=1S/C20H23N7O2S/c1-3-9-30(28,29)27-14-7-6-13(2)16(10-14)26-19-15(5-4-8-21-19)17-18-20(24-11-22-17)25-12-23-18/h6-8,10-12,26-27H,3-5,9H2,1-2H3,(H,22,23,24,25). The third-order valence-corrected chi connectivity index (χ3v) is 6.26. The van der Waals surface area contributed by atoms with Gasteiger partial charge in [-0.1, -0.05) is 13.0 Å². The molecule has 3 N–H and O–H groups in total. The number of imidazole rings is 1. The van der Waals surface area contributed by atoms with E-state index in [1.807, 2.05) is 26.1 Å². The van der Waals surface area contributed by atoms with Gasteiger partial charge in [0.05, 0.1) is 17.8 Å². The first-order valence-electron chi connectivity index (χ1n) is 9.75. The molecule has 0 bridgehead atoms. The van der Waals surface area contributed by atoms with Gasteiger partial charge in [0.25, 0.3) is 0 Å². The Labute approximate surface area is 174 Å². The van der Waals surface area contributed by atoms with Crippen molar-refractivity contribution in [2.75, 3.05) is 15.8 Å². The summed E-state index contributed by atoms with van der Waals surface area (Å²) in [5.41, 5.74) is 5.28. The average Bonchev–Trinajstić information content (AvgIpc) is 3.20. The fourth-order valence-corrected chi connectivity index (χ4v) is 4.46. The van der Waals surface area contributed by atoms with E-state index in [2.05, 4.69) is 35.0 Å². The molecule has 10 heteroatoms. The van der Waals surface area contributed by atoms with Crippen LogP contribution < -0.4 is 10.0 Å². The zero-order chi connectivity index (χ0) is 21.1. The van der Waals surface area contributed by atoms with Gasteiger partial charge in [-0.05, 0) is 43.9 Å². The van der Waals surface area contributed by atoms with Gasteiger partial charge in [-0.15, -0.1) is 0 Å². The van der Waals surface area contributed by atoms with Crippen molar-refractivity contribution in [1.82, 2.24) is 19.9 Å². The number of sulfonamides is 1. The minimum Gasteiger partial charge on any atom is -0.340 e.